The van der Waals surface area contributed by atoms with Crippen molar-refractivity contribution in [3.8, 4) is 5.69 Å². The third kappa shape index (κ3) is 6.57. The van der Waals surface area contributed by atoms with Crippen molar-refractivity contribution in [2.24, 2.45) is 0 Å². The van der Waals surface area contributed by atoms with Crippen molar-refractivity contribution >= 4 is 23.6 Å². The number of para-hydroxylation sites is 1. The quantitative estimate of drug-likeness (QED) is 0.628. The van der Waals surface area contributed by atoms with Crippen molar-refractivity contribution in [2.45, 2.75) is 45.1 Å². The second-order valence-corrected chi connectivity index (χ2v) is 10.7. The number of likely N-dealkylation sites (tertiary alicyclic amines) is 1. The predicted molar refractivity (Wildman–Crippen MR) is 138 cm³/mol. The Labute approximate surface area is 217 Å². The molecule has 0 unspecified atom stereocenters. The maximum Gasteiger partial charge on any atom is 0.410 e. The summed E-state index contributed by atoms with van der Waals surface area (Å²) in [6.07, 6.45) is 2.72. The third-order valence-corrected chi connectivity index (χ3v) is 6.80. The summed E-state index contributed by atoms with van der Waals surface area (Å²) in [5.41, 5.74) is 1.57. The zero-order valence-corrected chi connectivity index (χ0v) is 22.1. The van der Waals surface area contributed by atoms with Crippen LogP contribution in [-0.2, 0) is 9.47 Å². The molecular weight excluding hydrogens is 482 g/mol. The molecule has 1 aromatic carbocycles. The van der Waals surface area contributed by atoms with Crippen LogP contribution in [0.3, 0.4) is 0 Å². The fourth-order valence-corrected chi connectivity index (χ4v) is 4.87. The van der Waals surface area contributed by atoms with Crippen molar-refractivity contribution in [3.63, 3.8) is 0 Å². The molecule has 9 nitrogen and oxygen atoms in total. The summed E-state index contributed by atoms with van der Waals surface area (Å²) in [7, 11) is 0. The van der Waals surface area contributed by atoms with Crippen molar-refractivity contribution in [2.75, 3.05) is 52.5 Å². The monoisotopic (exact) mass is 517 g/mol. The number of morpholine rings is 1. The number of halogens is 1. The van der Waals surface area contributed by atoms with E-state index in [1.807, 2.05) is 45.0 Å². The largest absolute Gasteiger partial charge is 0.444 e. The van der Waals surface area contributed by atoms with Gasteiger partial charge in [-0.25, -0.2) is 9.48 Å². The Kier molecular flexibility index (Phi) is 8.54. The molecule has 0 spiro atoms. The third-order valence-electron chi connectivity index (χ3n) is 6.48. The Hall–Kier alpha value is -2.62. The van der Waals surface area contributed by atoms with E-state index in [2.05, 4.69) is 15.3 Å². The van der Waals surface area contributed by atoms with E-state index in [9.17, 15) is 9.59 Å². The number of amides is 2. The van der Waals surface area contributed by atoms with Gasteiger partial charge in [-0.3, -0.25) is 9.69 Å². The van der Waals surface area contributed by atoms with Gasteiger partial charge in [0, 0.05) is 45.2 Å². The molecule has 2 aliphatic rings. The highest BCUT2D eigenvalue weighted by Gasteiger charge is 2.32. The van der Waals surface area contributed by atoms with Gasteiger partial charge in [-0.15, -0.1) is 0 Å². The van der Waals surface area contributed by atoms with Crippen LogP contribution in [0.4, 0.5) is 4.79 Å². The standard InChI is InChI=1S/C26H36ClN5O4/c1-26(2,3)36-25(34)31-11-8-19(9-12-31)23-20(18-29-32(23)22-7-5-4-6-21(22)27)24(33)28-10-13-30-14-16-35-17-15-30/h4-7,18-19H,8-17H2,1-3H3,(H,28,33). The molecule has 2 fully saturated rings. The van der Waals surface area contributed by atoms with Crippen LogP contribution in [0.5, 0.6) is 0 Å². The van der Waals surface area contributed by atoms with E-state index in [-0.39, 0.29) is 17.9 Å². The maximum atomic E-state index is 13.3. The molecule has 2 aromatic rings. The maximum absolute atomic E-state index is 13.3. The lowest BCUT2D eigenvalue weighted by Gasteiger charge is -2.34. The second kappa shape index (κ2) is 11.6. The molecule has 10 heteroatoms. The highest BCUT2D eigenvalue weighted by atomic mass is 35.5. The molecule has 2 amide bonds. The molecule has 0 bridgehead atoms. The number of nitrogens with one attached hydrogen (secondary N) is 1. The summed E-state index contributed by atoms with van der Waals surface area (Å²) in [5.74, 6) is -0.103. The van der Waals surface area contributed by atoms with Crippen molar-refractivity contribution in [1.82, 2.24) is 24.9 Å². The summed E-state index contributed by atoms with van der Waals surface area (Å²) in [6.45, 7) is 11.2. The van der Waals surface area contributed by atoms with Gasteiger partial charge in [0.2, 0.25) is 0 Å². The minimum Gasteiger partial charge on any atom is -0.444 e. The molecule has 1 N–H and O–H groups in total. The Morgan fingerprint density at radius 2 is 1.83 bits per heavy atom. The molecule has 0 radical (unpaired) electrons. The number of nitrogens with zero attached hydrogens (tertiary/aromatic N) is 4. The van der Waals surface area contributed by atoms with E-state index in [1.54, 1.807) is 15.8 Å². The van der Waals surface area contributed by atoms with Crippen LogP contribution in [-0.4, -0.2) is 89.7 Å². The van der Waals surface area contributed by atoms with E-state index >= 15 is 0 Å². The molecule has 4 rings (SSSR count). The lowest BCUT2D eigenvalue weighted by atomic mass is 9.91. The molecule has 36 heavy (non-hydrogen) atoms. The normalized spacial score (nSPS) is 17.7. The molecular formula is C26H36ClN5O4. The first-order chi connectivity index (χ1) is 17.2. The number of carbonyl (C=O) groups is 2. The zero-order chi connectivity index (χ0) is 25.7. The smallest absolute Gasteiger partial charge is 0.410 e. The highest BCUT2D eigenvalue weighted by Crippen LogP contribution is 2.34. The zero-order valence-electron chi connectivity index (χ0n) is 21.3. The Balaban J connectivity index is 1.50. The number of ether oxygens (including phenoxy) is 2. The number of hydrogen-bond acceptors (Lipinski definition) is 6. The lowest BCUT2D eigenvalue weighted by Crippen LogP contribution is -2.42. The predicted octanol–water partition coefficient (Wildman–Crippen LogP) is 3.70. The average Bonchev–Trinajstić information content (AvgIpc) is 3.29. The topological polar surface area (TPSA) is 88.9 Å². The summed E-state index contributed by atoms with van der Waals surface area (Å²) in [5, 5.41) is 8.21. The van der Waals surface area contributed by atoms with Gasteiger partial charge in [0.15, 0.2) is 0 Å². The summed E-state index contributed by atoms with van der Waals surface area (Å²) < 4.78 is 12.7. The van der Waals surface area contributed by atoms with Gasteiger partial charge in [0.1, 0.15) is 5.60 Å². The molecule has 0 saturated carbocycles. The summed E-state index contributed by atoms with van der Waals surface area (Å²) in [6, 6.07) is 7.48. The molecule has 196 valence electrons. The molecule has 2 saturated heterocycles. The van der Waals surface area contributed by atoms with Crippen molar-refractivity contribution in [3.05, 3.63) is 46.7 Å². The number of carbonyl (C=O) groups excluding carboxylic acids is 2. The van der Waals surface area contributed by atoms with Crippen molar-refractivity contribution in [1.29, 1.82) is 0 Å². The first-order valence-electron chi connectivity index (χ1n) is 12.6. The van der Waals surface area contributed by atoms with Crippen LogP contribution in [0, 0.1) is 0 Å². The SMILES string of the molecule is CC(C)(C)OC(=O)N1CCC(c2c(C(=O)NCCN3CCOCC3)cnn2-c2ccccc2Cl)CC1. The molecule has 0 atom stereocenters. The molecule has 1 aromatic heterocycles. The number of piperidine rings is 1. The lowest BCUT2D eigenvalue weighted by molar-refractivity contribution is 0.0203. The van der Waals surface area contributed by atoms with Crippen LogP contribution in [0.25, 0.3) is 5.69 Å². The van der Waals surface area contributed by atoms with E-state index in [1.165, 1.54) is 0 Å². The minimum atomic E-state index is -0.539. The van der Waals surface area contributed by atoms with Gasteiger partial charge >= 0.3 is 6.09 Å². The fraction of sp³-hybridized carbons (Fsp3) is 0.577. The van der Waals surface area contributed by atoms with E-state index < -0.39 is 5.60 Å². The summed E-state index contributed by atoms with van der Waals surface area (Å²) in [4.78, 5) is 29.9. The first kappa shape index (κ1) is 26.4. The average molecular weight is 518 g/mol. The molecule has 0 aliphatic carbocycles. The van der Waals surface area contributed by atoms with Gasteiger partial charge in [-0.2, -0.15) is 5.10 Å². The Bertz CT molecular complexity index is 1050. The number of aromatic nitrogens is 2. The number of rotatable bonds is 6. The van der Waals surface area contributed by atoms with E-state index in [4.69, 9.17) is 21.1 Å². The summed E-state index contributed by atoms with van der Waals surface area (Å²) >= 11 is 6.51. The first-order valence-corrected chi connectivity index (χ1v) is 13.0. The second-order valence-electron chi connectivity index (χ2n) is 10.3. The fourth-order valence-electron chi connectivity index (χ4n) is 4.65. The minimum absolute atomic E-state index is 0.0439. The van der Waals surface area contributed by atoms with E-state index in [0.29, 0.717) is 43.1 Å². The van der Waals surface area contributed by atoms with Gasteiger partial charge in [0.05, 0.1) is 41.4 Å². The number of benzene rings is 1. The Morgan fingerprint density at radius 3 is 2.50 bits per heavy atom. The number of hydrogen-bond donors (Lipinski definition) is 1. The highest BCUT2D eigenvalue weighted by molar-refractivity contribution is 6.32. The van der Waals surface area contributed by atoms with Gasteiger partial charge < -0.3 is 19.7 Å². The molecule has 2 aliphatic heterocycles. The van der Waals surface area contributed by atoms with Gasteiger partial charge in [-0.1, -0.05) is 23.7 Å². The van der Waals surface area contributed by atoms with Crippen LogP contribution >= 0.6 is 11.6 Å². The Morgan fingerprint density at radius 1 is 1.14 bits per heavy atom. The van der Waals surface area contributed by atoms with Crippen LogP contribution < -0.4 is 5.32 Å². The van der Waals surface area contributed by atoms with E-state index in [0.717, 1.165) is 44.2 Å². The molecule has 3 heterocycles. The van der Waals surface area contributed by atoms with Crippen LogP contribution in [0.15, 0.2) is 30.5 Å². The van der Waals surface area contributed by atoms with Gasteiger partial charge in [-0.05, 0) is 45.7 Å². The van der Waals surface area contributed by atoms with Gasteiger partial charge in [0.25, 0.3) is 5.91 Å². The van der Waals surface area contributed by atoms with Crippen LogP contribution in [0.1, 0.15) is 55.6 Å². The van der Waals surface area contributed by atoms with Crippen LogP contribution in [0.2, 0.25) is 5.02 Å². The van der Waals surface area contributed by atoms with Crippen molar-refractivity contribution < 1.29 is 19.1 Å².